The van der Waals surface area contributed by atoms with E-state index in [1.807, 2.05) is 80.2 Å². The molecule has 0 saturated heterocycles. The van der Waals surface area contributed by atoms with Gasteiger partial charge in [0, 0.05) is 32.9 Å². The van der Waals surface area contributed by atoms with E-state index in [0.717, 1.165) is 50.2 Å². The number of para-hydroxylation sites is 1. The first-order valence-corrected chi connectivity index (χ1v) is 11.2. The number of nitrogens with one attached hydrogen (secondary N) is 1. The maximum absolute atomic E-state index is 12.8. The minimum Gasteiger partial charge on any atom is -0.325 e. The van der Waals surface area contributed by atoms with Crippen LogP contribution < -0.4 is 5.32 Å². The van der Waals surface area contributed by atoms with E-state index in [1.54, 1.807) is 0 Å². The van der Waals surface area contributed by atoms with Crippen LogP contribution in [0.3, 0.4) is 0 Å². The molecule has 1 N–H and O–H groups in total. The van der Waals surface area contributed by atoms with Crippen molar-refractivity contribution in [2.75, 3.05) is 5.32 Å². The van der Waals surface area contributed by atoms with E-state index >= 15 is 0 Å². The van der Waals surface area contributed by atoms with Gasteiger partial charge in [-0.15, -0.1) is 11.3 Å². The highest BCUT2D eigenvalue weighted by Crippen LogP contribution is 2.27. The van der Waals surface area contributed by atoms with Crippen LogP contribution in [0.4, 0.5) is 5.69 Å². The van der Waals surface area contributed by atoms with Crippen LogP contribution in [0.15, 0.2) is 47.8 Å². The number of nitrogens with zero attached hydrogens (tertiary/aromatic N) is 3. The van der Waals surface area contributed by atoms with Crippen molar-refractivity contribution in [3.63, 3.8) is 0 Å². The fourth-order valence-corrected chi connectivity index (χ4v) is 4.55. The standard InChI is InChI=1S/C24H23ClN4OS/c1-14-6-5-7-15(2)23(14)27-22(30)12-20-16(3)28-29(17(20)4)24-26-21(13-31-24)18-8-10-19(25)11-9-18/h5-11,13H,12H2,1-4H3,(H,27,30). The van der Waals surface area contributed by atoms with Crippen LogP contribution in [0.1, 0.15) is 28.1 Å². The minimum atomic E-state index is -0.0517. The number of aromatic nitrogens is 3. The molecule has 0 saturated carbocycles. The molecule has 2 aromatic heterocycles. The molecular weight excluding hydrogens is 428 g/mol. The lowest BCUT2D eigenvalue weighted by molar-refractivity contribution is -0.115. The van der Waals surface area contributed by atoms with Gasteiger partial charge in [0.1, 0.15) is 0 Å². The molecule has 5 nitrogen and oxygen atoms in total. The smallest absolute Gasteiger partial charge is 0.228 e. The summed E-state index contributed by atoms with van der Waals surface area (Å²) in [6.45, 7) is 7.90. The van der Waals surface area contributed by atoms with E-state index in [4.69, 9.17) is 16.6 Å². The molecule has 2 aromatic carbocycles. The van der Waals surface area contributed by atoms with Crippen molar-refractivity contribution in [2.45, 2.75) is 34.1 Å². The Balaban J connectivity index is 1.57. The maximum Gasteiger partial charge on any atom is 0.228 e. The fourth-order valence-electron chi connectivity index (χ4n) is 3.59. The van der Waals surface area contributed by atoms with Gasteiger partial charge >= 0.3 is 0 Å². The van der Waals surface area contributed by atoms with Crippen molar-refractivity contribution in [2.24, 2.45) is 0 Å². The summed E-state index contributed by atoms with van der Waals surface area (Å²) in [5.41, 5.74) is 7.53. The van der Waals surface area contributed by atoms with Crippen LogP contribution in [0.2, 0.25) is 5.02 Å². The summed E-state index contributed by atoms with van der Waals surface area (Å²) in [6, 6.07) is 13.6. The third-order valence-electron chi connectivity index (χ3n) is 5.34. The highest BCUT2D eigenvalue weighted by molar-refractivity contribution is 7.12. The summed E-state index contributed by atoms with van der Waals surface area (Å²) < 4.78 is 1.82. The number of anilines is 1. The summed E-state index contributed by atoms with van der Waals surface area (Å²) in [7, 11) is 0. The minimum absolute atomic E-state index is 0.0517. The molecule has 7 heteroatoms. The largest absolute Gasteiger partial charge is 0.325 e. The Labute approximate surface area is 190 Å². The molecule has 0 spiro atoms. The van der Waals surface area contributed by atoms with Crippen LogP contribution >= 0.6 is 22.9 Å². The number of rotatable bonds is 5. The average molecular weight is 451 g/mol. The summed E-state index contributed by atoms with van der Waals surface area (Å²) in [5, 5.41) is 11.2. The molecular formula is C24H23ClN4OS. The molecule has 0 aliphatic heterocycles. The lowest BCUT2D eigenvalue weighted by Crippen LogP contribution is -2.17. The summed E-state index contributed by atoms with van der Waals surface area (Å²) in [4.78, 5) is 17.5. The van der Waals surface area contributed by atoms with E-state index in [0.29, 0.717) is 5.02 Å². The van der Waals surface area contributed by atoms with E-state index in [-0.39, 0.29) is 12.3 Å². The van der Waals surface area contributed by atoms with Crippen LogP contribution in [0.5, 0.6) is 0 Å². The molecule has 0 aliphatic carbocycles. The third-order valence-corrected chi connectivity index (χ3v) is 6.41. The van der Waals surface area contributed by atoms with Crippen LogP contribution in [-0.4, -0.2) is 20.7 Å². The Morgan fingerprint density at radius 3 is 2.42 bits per heavy atom. The Morgan fingerprint density at radius 1 is 1.06 bits per heavy atom. The van der Waals surface area contributed by atoms with Gasteiger partial charge in [-0.25, -0.2) is 9.67 Å². The Bertz CT molecular complexity index is 1240. The van der Waals surface area contributed by atoms with E-state index in [9.17, 15) is 4.79 Å². The number of benzene rings is 2. The number of thiazole rings is 1. The molecule has 4 aromatic rings. The normalized spacial score (nSPS) is 11.0. The van der Waals surface area contributed by atoms with Gasteiger partial charge in [0.2, 0.25) is 11.0 Å². The van der Waals surface area contributed by atoms with Gasteiger partial charge in [0.05, 0.1) is 17.8 Å². The first-order chi connectivity index (χ1) is 14.8. The third kappa shape index (κ3) is 4.40. The van der Waals surface area contributed by atoms with Gasteiger partial charge in [0.15, 0.2) is 0 Å². The zero-order chi connectivity index (χ0) is 22.1. The molecule has 158 valence electrons. The van der Waals surface area contributed by atoms with Crippen molar-refractivity contribution in [3.05, 3.63) is 80.9 Å². The number of amides is 1. The Hall–Kier alpha value is -2.96. The van der Waals surface area contributed by atoms with Gasteiger partial charge in [0.25, 0.3) is 0 Å². The van der Waals surface area contributed by atoms with Crippen molar-refractivity contribution in [3.8, 4) is 16.4 Å². The van der Waals surface area contributed by atoms with Crippen LogP contribution in [0.25, 0.3) is 16.4 Å². The molecule has 0 atom stereocenters. The lowest BCUT2D eigenvalue weighted by atomic mass is 10.1. The number of halogens is 1. The second kappa shape index (κ2) is 8.65. The molecule has 2 heterocycles. The number of hydrogen-bond donors (Lipinski definition) is 1. The monoisotopic (exact) mass is 450 g/mol. The summed E-state index contributed by atoms with van der Waals surface area (Å²) >= 11 is 7.51. The van der Waals surface area contributed by atoms with E-state index in [2.05, 4.69) is 10.4 Å². The summed E-state index contributed by atoms with van der Waals surface area (Å²) in [6.07, 6.45) is 0.265. The average Bonchev–Trinajstić information content (AvgIpc) is 3.32. The topological polar surface area (TPSA) is 59.8 Å². The fraction of sp³-hybridized carbons (Fsp3) is 0.208. The Kier molecular flexibility index (Phi) is 5.94. The zero-order valence-electron chi connectivity index (χ0n) is 17.9. The molecule has 0 bridgehead atoms. The van der Waals surface area contributed by atoms with Crippen molar-refractivity contribution in [1.82, 2.24) is 14.8 Å². The molecule has 0 fully saturated rings. The SMILES string of the molecule is Cc1cccc(C)c1NC(=O)Cc1c(C)nn(-c2nc(-c3ccc(Cl)cc3)cs2)c1C. The molecule has 1 amide bonds. The zero-order valence-corrected chi connectivity index (χ0v) is 19.4. The Morgan fingerprint density at radius 2 is 1.74 bits per heavy atom. The van der Waals surface area contributed by atoms with Crippen LogP contribution in [-0.2, 0) is 11.2 Å². The van der Waals surface area contributed by atoms with Gasteiger partial charge in [-0.1, -0.05) is 41.9 Å². The molecule has 31 heavy (non-hydrogen) atoms. The molecule has 0 aliphatic rings. The van der Waals surface area contributed by atoms with Crippen molar-refractivity contribution < 1.29 is 4.79 Å². The predicted molar refractivity (Wildman–Crippen MR) is 127 cm³/mol. The van der Waals surface area contributed by atoms with E-state index in [1.165, 1.54) is 11.3 Å². The van der Waals surface area contributed by atoms with Crippen LogP contribution in [0, 0.1) is 27.7 Å². The molecule has 4 rings (SSSR count). The predicted octanol–water partition coefficient (Wildman–Crippen LogP) is 6.06. The highest BCUT2D eigenvalue weighted by Gasteiger charge is 2.18. The van der Waals surface area contributed by atoms with Crippen molar-refractivity contribution in [1.29, 1.82) is 0 Å². The number of carbonyl (C=O) groups excluding carboxylic acids is 1. The number of hydrogen-bond acceptors (Lipinski definition) is 4. The van der Waals surface area contributed by atoms with Gasteiger partial charge in [-0.05, 0) is 51.0 Å². The van der Waals surface area contributed by atoms with Gasteiger partial charge < -0.3 is 5.32 Å². The molecule has 0 radical (unpaired) electrons. The van der Waals surface area contributed by atoms with E-state index < -0.39 is 0 Å². The second-order valence-corrected chi connectivity index (χ2v) is 8.85. The first-order valence-electron chi connectivity index (χ1n) is 9.96. The summed E-state index contributed by atoms with van der Waals surface area (Å²) in [5.74, 6) is -0.0517. The quantitative estimate of drug-likeness (QED) is 0.401. The second-order valence-electron chi connectivity index (χ2n) is 7.58. The number of aryl methyl sites for hydroxylation is 3. The van der Waals surface area contributed by atoms with Crippen molar-refractivity contribution >= 4 is 34.5 Å². The number of carbonyl (C=O) groups is 1. The first kappa shape index (κ1) is 21.3. The lowest BCUT2D eigenvalue weighted by Gasteiger charge is -2.11. The maximum atomic E-state index is 12.8. The highest BCUT2D eigenvalue weighted by atomic mass is 35.5. The van der Waals surface area contributed by atoms with Gasteiger partial charge in [-0.3, -0.25) is 4.79 Å². The van der Waals surface area contributed by atoms with Gasteiger partial charge in [-0.2, -0.15) is 5.10 Å². The molecule has 0 unspecified atom stereocenters.